The van der Waals surface area contributed by atoms with Crippen LogP contribution in [0.3, 0.4) is 0 Å². The van der Waals surface area contributed by atoms with E-state index in [0.717, 1.165) is 28.9 Å². The van der Waals surface area contributed by atoms with Crippen LogP contribution in [-0.4, -0.2) is 34.7 Å². The fraction of sp³-hybridized carbons (Fsp3) is 0.176. The summed E-state index contributed by atoms with van der Waals surface area (Å²) >= 11 is 7.57. The minimum Gasteiger partial charge on any atom is -0.489 e. The van der Waals surface area contributed by atoms with E-state index in [1.54, 1.807) is 0 Å². The predicted octanol–water partition coefficient (Wildman–Crippen LogP) is 3.51. The van der Waals surface area contributed by atoms with Gasteiger partial charge in [-0.05, 0) is 42.0 Å². The molecule has 3 rings (SSSR count). The van der Waals surface area contributed by atoms with E-state index in [2.05, 4.69) is 10.5 Å². The Morgan fingerprint density at radius 2 is 2.04 bits per heavy atom. The number of hydrazone groups is 1. The first kappa shape index (κ1) is 18.2. The number of rotatable bonds is 6. The summed E-state index contributed by atoms with van der Waals surface area (Å²) in [4.78, 5) is 22.2. The van der Waals surface area contributed by atoms with Crippen LogP contribution in [0, 0.1) is 10.1 Å². The van der Waals surface area contributed by atoms with E-state index >= 15 is 0 Å². The van der Waals surface area contributed by atoms with E-state index in [9.17, 15) is 14.9 Å². The number of thioether (sulfide) groups is 1. The van der Waals surface area contributed by atoms with Crippen molar-refractivity contribution >= 4 is 41.2 Å². The number of nitro benzene ring substituents is 1. The van der Waals surface area contributed by atoms with Crippen molar-refractivity contribution in [2.24, 2.45) is 5.10 Å². The quantitative estimate of drug-likeness (QED) is 0.462. The average molecular weight is 392 g/mol. The van der Waals surface area contributed by atoms with Gasteiger partial charge in [0.1, 0.15) is 16.9 Å². The number of hydrogen-bond donors (Lipinski definition) is 1. The SMILES string of the molecule is O=C(N/N=C\c1ccc(OC2CSC2)cc1)c1ccc(Cl)c([N+](=O)[O-])c1. The van der Waals surface area contributed by atoms with E-state index in [1.165, 1.54) is 18.3 Å². The summed E-state index contributed by atoms with van der Waals surface area (Å²) in [5.41, 5.74) is 2.88. The number of nitro groups is 1. The molecule has 1 aliphatic heterocycles. The van der Waals surface area contributed by atoms with Crippen LogP contribution in [0.2, 0.25) is 5.02 Å². The van der Waals surface area contributed by atoms with E-state index in [1.807, 2.05) is 36.0 Å². The minimum absolute atomic E-state index is 0.0298. The van der Waals surface area contributed by atoms with Crippen LogP contribution in [0.25, 0.3) is 0 Å². The molecule has 134 valence electrons. The number of carbonyl (C=O) groups is 1. The molecule has 2 aromatic carbocycles. The summed E-state index contributed by atoms with van der Waals surface area (Å²) in [5, 5.41) is 14.7. The second-order valence-electron chi connectivity index (χ2n) is 5.47. The first-order valence-corrected chi connectivity index (χ1v) is 9.18. The summed E-state index contributed by atoms with van der Waals surface area (Å²) in [6.45, 7) is 0. The number of hydrogen-bond acceptors (Lipinski definition) is 6. The van der Waals surface area contributed by atoms with Gasteiger partial charge in [0.25, 0.3) is 11.6 Å². The van der Waals surface area contributed by atoms with Gasteiger partial charge in [0.05, 0.1) is 11.1 Å². The molecule has 1 amide bonds. The third-order valence-corrected chi connectivity index (χ3v) is 5.11. The monoisotopic (exact) mass is 391 g/mol. The van der Waals surface area contributed by atoms with Gasteiger partial charge in [0, 0.05) is 23.1 Å². The second-order valence-corrected chi connectivity index (χ2v) is 6.95. The molecule has 0 unspecified atom stereocenters. The van der Waals surface area contributed by atoms with Crippen LogP contribution >= 0.6 is 23.4 Å². The summed E-state index contributed by atoms with van der Waals surface area (Å²) in [6.07, 6.45) is 1.76. The van der Waals surface area contributed by atoms with Gasteiger partial charge in [-0.2, -0.15) is 16.9 Å². The lowest BCUT2D eigenvalue weighted by molar-refractivity contribution is -0.384. The Morgan fingerprint density at radius 3 is 2.65 bits per heavy atom. The van der Waals surface area contributed by atoms with Crippen LogP contribution < -0.4 is 10.2 Å². The Bertz CT molecular complexity index is 854. The predicted molar refractivity (Wildman–Crippen MR) is 101 cm³/mol. The van der Waals surface area contributed by atoms with E-state index in [4.69, 9.17) is 16.3 Å². The number of benzene rings is 2. The Balaban J connectivity index is 1.58. The summed E-state index contributed by atoms with van der Waals surface area (Å²) in [7, 11) is 0. The minimum atomic E-state index is -0.645. The molecule has 2 aromatic rings. The van der Waals surface area contributed by atoms with Crippen LogP contribution in [0.15, 0.2) is 47.6 Å². The number of nitrogens with one attached hydrogen (secondary N) is 1. The van der Waals surface area contributed by atoms with Crippen LogP contribution in [0.5, 0.6) is 5.75 Å². The molecule has 0 spiro atoms. The first-order chi connectivity index (χ1) is 12.5. The highest BCUT2D eigenvalue weighted by Crippen LogP contribution is 2.25. The van der Waals surface area contributed by atoms with Crippen LogP contribution in [0.4, 0.5) is 5.69 Å². The Hall–Kier alpha value is -2.58. The van der Waals surface area contributed by atoms with Gasteiger partial charge in [-0.3, -0.25) is 14.9 Å². The van der Waals surface area contributed by atoms with E-state index < -0.39 is 10.8 Å². The zero-order valence-corrected chi connectivity index (χ0v) is 15.0. The molecule has 0 bridgehead atoms. The molecule has 0 atom stereocenters. The molecule has 0 aliphatic carbocycles. The third kappa shape index (κ3) is 4.53. The number of carbonyl (C=O) groups excluding carboxylic acids is 1. The van der Waals surface area contributed by atoms with Crippen LogP contribution in [0.1, 0.15) is 15.9 Å². The highest BCUT2D eigenvalue weighted by molar-refractivity contribution is 8.00. The second kappa shape index (κ2) is 8.20. The lowest BCUT2D eigenvalue weighted by atomic mass is 10.2. The number of nitrogens with zero attached hydrogens (tertiary/aromatic N) is 2. The molecule has 1 saturated heterocycles. The van der Waals surface area contributed by atoms with E-state index in [-0.39, 0.29) is 22.4 Å². The van der Waals surface area contributed by atoms with Gasteiger partial charge < -0.3 is 4.74 Å². The molecule has 1 N–H and O–H groups in total. The van der Waals surface area contributed by atoms with Crippen molar-refractivity contribution in [2.75, 3.05) is 11.5 Å². The number of amides is 1. The molecular weight excluding hydrogens is 378 g/mol. The first-order valence-electron chi connectivity index (χ1n) is 7.65. The lowest BCUT2D eigenvalue weighted by Crippen LogP contribution is -2.30. The summed E-state index contributed by atoms with van der Waals surface area (Å²) in [5.74, 6) is 2.25. The van der Waals surface area contributed by atoms with Gasteiger partial charge in [-0.15, -0.1) is 0 Å². The van der Waals surface area contributed by atoms with Gasteiger partial charge in [0.15, 0.2) is 0 Å². The normalized spacial score (nSPS) is 14.0. The van der Waals surface area contributed by atoms with Crippen molar-refractivity contribution in [2.45, 2.75) is 6.10 Å². The topological polar surface area (TPSA) is 93.8 Å². The lowest BCUT2D eigenvalue weighted by Gasteiger charge is -2.25. The van der Waals surface area contributed by atoms with Gasteiger partial charge >= 0.3 is 0 Å². The Kier molecular flexibility index (Phi) is 5.75. The molecule has 1 heterocycles. The Morgan fingerprint density at radius 1 is 1.31 bits per heavy atom. The molecule has 26 heavy (non-hydrogen) atoms. The number of halogens is 1. The molecule has 7 nitrogen and oxygen atoms in total. The largest absolute Gasteiger partial charge is 0.489 e. The third-order valence-electron chi connectivity index (χ3n) is 3.58. The number of ether oxygens (including phenoxy) is 1. The zero-order valence-electron chi connectivity index (χ0n) is 13.4. The van der Waals surface area contributed by atoms with Crippen molar-refractivity contribution < 1.29 is 14.5 Å². The smallest absolute Gasteiger partial charge is 0.288 e. The standard InChI is InChI=1S/C17H14ClN3O4S/c18-15-6-3-12(7-16(15)21(23)24)17(22)20-19-8-11-1-4-13(5-2-11)25-14-9-26-10-14/h1-8,14H,9-10H2,(H,20,22)/b19-8-. The molecule has 0 saturated carbocycles. The van der Waals surface area contributed by atoms with Gasteiger partial charge in [-0.25, -0.2) is 5.43 Å². The van der Waals surface area contributed by atoms with Gasteiger partial charge in [0.2, 0.25) is 0 Å². The maximum Gasteiger partial charge on any atom is 0.288 e. The average Bonchev–Trinajstić information content (AvgIpc) is 2.59. The molecule has 1 aliphatic rings. The van der Waals surface area contributed by atoms with E-state index in [0.29, 0.717) is 0 Å². The molecule has 9 heteroatoms. The molecule has 0 radical (unpaired) electrons. The van der Waals surface area contributed by atoms with Gasteiger partial charge in [-0.1, -0.05) is 11.6 Å². The summed E-state index contributed by atoms with van der Waals surface area (Å²) < 4.78 is 5.75. The highest BCUT2D eigenvalue weighted by atomic mass is 35.5. The molecule has 0 aromatic heterocycles. The Labute approximate surface area is 158 Å². The summed E-state index contributed by atoms with van der Waals surface area (Å²) in [6, 6.07) is 11.1. The van der Waals surface area contributed by atoms with Crippen molar-refractivity contribution in [1.82, 2.24) is 5.43 Å². The van der Waals surface area contributed by atoms with Crippen molar-refractivity contribution in [3.8, 4) is 5.75 Å². The molecular formula is C17H14ClN3O4S. The fourth-order valence-electron chi connectivity index (χ4n) is 2.13. The van der Waals surface area contributed by atoms with Crippen molar-refractivity contribution in [3.05, 3.63) is 68.7 Å². The zero-order chi connectivity index (χ0) is 18.5. The van der Waals surface area contributed by atoms with Crippen molar-refractivity contribution in [3.63, 3.8) is 0 Å². The van der Waals surface area contributed by atoms with Crippen molar-refractivity contribution in [1.29, 1.82) is 0 Å². The fourth-order valence-corrected chi connectivity index (χ4v) is 2.88. The highest BCUT2D eigenvalue weighted by Gasteiger charge is 2.19. The van der Waals surface area contributed by atoms with Crippen LogP contribution in [-0.2, 0) is 0 Å². The maximum absolute atomic E-state index is 12.0. The molecule has 1 fully saturated rings. The maximum atomic E-state index is 12.0.